The van der Waals surface area contributed by atoms with Crippen LogP contribution >= 0.6 is 0 Å². The number of rotatable bonds is 6. The van der Waals surface area contributed by atoms with Gasteiger partial charge in [0.1, 0.15) is 11.5 Å². The van der Waals surface area contributed by atoms with Crippen molar-refractivity contribution in [1.82, 2.24) is 24.5 Å². The summed E-state index contributed by atoms with van der Waals surface area (Å²) in [6, 6.07) is 18.3. The molecule has 0 saturated carbocycles. The first-order valence-electron chi connectivity index (χ1n) is 10.2. The molecule has 0 radical (unpaired) electrons. The van der Waals surface area contributed by atoms with Gasteiger partial charge in [-0.2, -0.15) is 0 Å². The number of nitrogens with zero attached hydrogens (tertiary/aromatic N) is 5. The predicted molar refractivity (Wildman–Crippen MR) is 113 cm³/mol. The maximum absolute atomic E-state index is 12.9. The fourth-order valence-corrected chi connectivity index (χ4v) is 3.80. The third kappa shape index (κ3) is 4.05. The zero-order chi connectivity index (χ0) is 21.0. The van der Waals surface area contributed by atoms with Crippen LogP contribution in [-0.4, -0.2) is 43.5 Å². The molecule has 1 saturated heterocycles. The lowest BCUT2D eigenvalue weighted by Gasteiger charge is -2.23. The highest BCUT2D eigenvalue weighted by Gasteiger charge is 2.33. The number of aromatic nitrogens is 4. The lowest BCUT2D eigenvalue weighted by Crippen LogP contribution is -2.35. The average molecular weight is 415 g/mol. The van der Waals surface area contributed by atoms with E-state index in [1.54, 1.807) is 24.4 Å². The van der Waals surface area contributed by atoms with Crippen molar-refractivity contribution in [2.75, 3.05) is 13.2 Å². The molecule has 1 amide bonds. The monoisotopic (exact) mass is 415 g/mol. The Bertz CT molecular complexity index is 1190. The van der Waals surface area contributed by atoms with Crippen molar-refractivity contribution in [1.29, 1.82) is 0 Å². The largest absolute Gasteiger partial charge is 0.484 e. The lowest BCUT2D eigenvalue weighted by molar-refractivity contribution is -0.134. The molecule has 0 aliphatic carbocycles. The Balaban J connectivity index is 1.25. The Morgan fingerprint density at radius 2 is 1.94 bits per heavy atom. The summed E-state index contributed by atoms with van der Waals surface area (Å²) in [6.45, 7) is 0.623. The van der Waals surface area contributed by atoms with Gasteiger partial charge in [0, 0.05) is 31.1 Å². The van der Waals surface area contributed by atoms with Crippen molar-refractivity contribution in [3.05, 3.63) is 78.9 Å². The highest BCUT2D eigenvalue weighted by atomic mass is 16.5. The Morgan fingerprint density at radius 3 is 2.84 bits per heavy atom. The van der Waals surface area contributed by atoms with Crippen molar-refractivity contribution < 1.29 is 14.3 Å². The fraction of sp³-hybridized carbons (Fsp3) is 0.217. The highest BCUT2D eigenvalue weighted by Crippen LogP contribution is 2.31. The second-order valence-corrected chi connectivity index (χ2v) is 7.27. The van der Waals surface area contributed by atoms with Crippen LogP contribution in [0, 0.1) is 0 Å². The molecule has 0 N–H and O–H groups in total. The van der Waals surface area contributed by atoms with E-state index in [9.17, 15) is 4.79 Å². The summed E-state index contributed by atoms with van der Waals surface area (Å²) in [5.41, 5.74) is 0.776. The summed E-state index contributed by atoms with van der Waals surface area (Å²) in [5.74, 6) is 2.36. The molecule has 0 bridgehead atoms. The Labute approximate surface area is 179 Å². The maximum atomic E-state index is 12.9. The van der Waals surface area contributed by atoms with Gasteiger partial charge in [-0.1, -0.05) is 18.2 Å². The first-order valence-corrected chi connectivity index (χ1v) is 10.2. The van der Waals surface area contributed by atoms with Crippen molar-refractivity contribution in [3.63, 3.8) is 0 Å². The Kier molecular flexibility index (Phi) is 5.18. The fourth-order valence-electron chi connectivity index (χ4n) is 3.80. The van der Waals surface area contributed by atoms with E-state index in [-0.39, 0.29) is 18.6 Å². The van der Waals surface area contributed by atoms with Crippen molar-refractivity contribution >= 4 is 11.6 Å². The topological polar surface area (TPSA) is 81.9 Å². The van der Waals surface area contributed by atoms with Crippen LogP contribution in [0.4, 0.5) is 0 Å². The van der Waals surface area contributed by atoms with Crippen LogP contribution in [0.5, 0.6) is 17.4 Å². The van der Waals surface area contributed by atoms with Crippen LogP contribution in [0.25, 0.3) is 5.65 Å². The smallest absolute Gasteiger partial charge is 0.261 e. The van der Waals surface area contributed by atoms with E-state index < -0.39 is 0 Å². The molecule has 31 heavy (non-hydrogen) atoms. The van der Waals surface area contributed by atoms with E-state index in [4.69, 9.17) is 9.47 Å². The summed E-state index contributed by atoms with van der Waals surface area (Å²) >= 11 is 0. The quantitative estimate of drug-likeness (QED) is 0.478. The van der Waals surface area contributed by atoms with Crippen molar-refractivity contribution in [2.45, 2.75) is 18.9 Å². The second-order valence-electron chi connectivity index (χ2n) is 7.27. The van der Waals surface area contributed by atoms with Crippen molar-refractivity contribution in [3.8, 4) is 17.4 Å². The minimum Gasteiger partial charge on any atom is -0.484 e. The lowest BCUT2D eigenvalue weighted by atomic mass is 10.2. The van der Waals surface area contributed by atoms with Crippen LogP contribution in [0.15, 0.2) is 73.1 Å². The standard InChI is InChI=1S/C23H21N5O3/c29-22(16-30-17-7-5-8-18(15-17)31-21-11-1-3-12-24-21)27-14-6-9-19(27)23-26-25-20-10-2-4-13-28(20)23/h1-5,7-8,10-13,15,19H,6,9,14,16H2. The molecule has 1 fully saturated rings. The van der Waals surface area contributed by atoms with Gasteiger partial charge in [-0.15, -0.1) is 10.2 Å². The second kappa shape index (κ2) is 8.43. The van der Waals surface area contributed by atoms with Gasteiger partial charge in [-0.3, -0.25) is 9.20 Å². The van der Waals surface area contributed by atoms with E-state index in [0.717, 1.165) is 24.3 Å². The number of carbonyl (C=O) groups is 1. The van der Waals surface area contributed by atoms with Gasteiger partial charge in [0.2, 0.25) is 5.88 Å². The molecule has 1 atom stereocenters. The van der Waals surface area contributed by atoms with Gasteiger partial charge in [0.25, 0.3) is 5.91 Å². The molecule has 4 aromatic rings. The summed E-state index contributed by atoms with van der Waals surface area (Å²) in [6.07, 6.45) is 5.37. The Hall–Kier alpha value is -3.94. The van der Waals surface area contributed by atoms with E-state index in [1.807, 2.05) is 58.0 Å². The molecule has 8 heteroatoms. The molecular weight excluding hydrogens is 394 g/mol. The number of benzene rings is 1. The van der Waals surface area contributed by atoms with E-state index in [0.29, 0.717) is 23.9 Å². The van der Waals surface area contributed by atoms with Gasteiger partial charge < -0.3 is 14.4 Å². The molecule has 3 aromatic heterocycles. The first-order chi connectivity index (χ1) is 15.3. The van der Waals surface area contributed by atoms with Crippen LogP contribution in [0.3, 0.4) is 0 Å². The predicted octanol–water partition coefficient (Wildman–Crippen LogP) is 3.66. The number of fused-ring (bicyclic) bond motifs is 1. The van der Waals surface area contributed by atoms with E-state index in [1.165, 1.54) is 0 Å². The van der Waals surface area contributed by atoms with Gasteiger partial charge in [-0.05, 0) is 43.2 Å². The van der Waals surface area contributed by atoms with Crippen LogP contribution in [0.1, 0.15) is 24.7 Å². The molecule has 4 heterocycles. The summed E-state index contributed by atoms with van der Waals surface area (Å²) in [5, 5.41) is 8.55. The number of pyridine rings is 2. The molecule has 1 aromatic carbocycles. The summed E-state index contributed by atoms with van der Waals surface area (Å²) in [7, 11) is 0. The molecule has 5 rings (SSSR count). The molecule has 1 unspecified atom stereocenters. The average Bonchev–Trinajstić information content (AvgIpc) is 3.45. The van der Waals surface area contributed by atoms with Crippen molar-refractivity contribution in [2.24, 2.45) is 0 Å². The summed E-state index contributed by atoms with van der Waals surface area (Å²) < 4.78 is 13.4. The molecule has 1 aliphatic rings. The summed E-state index contributed by atoms with van der Waals surface area (Å²) in [4.78, 5) is 18.9. The first kappa shape index (κ1) is 19.0. The third-order valence-electron chi connectivity index (χ3n) is 5.24. The number of hydrogen-bond acceptors (Lipinski definition) is 6. The minimum atomic E-state index is -0.104. The molecule has 0 spiro atoms. The van der Waals surface area contributed by atoms with Crippen LogP contribution in [0.2, 0.25) is 0 Å². The number of amides is 1. The van der Waals surface area contributed by atoms with E-state index >= 15 is 0 Å². The van der Waals surface area contributed by atoms with Crippen LogP contribution < -0.4 is 9.47 Å². The Morgan fingerprint density at radius 1 is 1.03 bits per heavy atom. The maximum Gasteiger partial charge on any atom is 0.261 e. The molecular formula is C23H21N5O3. The van der Waals surface area contributed by atoms with Gasteiger partial charge in [0.15, 0.2) is 18.1 Å². The van der Waals surface area contributed by atoms with E-state index in [2.05, 4.69) is 15.2 Å². The molecule has 1 aliphatic heterocycles. The zero-order valence-corrected chi connectivity index (χ0v) is 16.8. The zero-order valence-electron chi connectivity index (χ0n) is 16.8. The number of ether oxygens (including phenoxy) is 2. The molecule has 8 nitrogen and oxygen atoms in total. The van der Waals surface area contributed by atoms with Gasteiger partial charge in [-0.25, -0.2) is 4.98 Å². The normalized spacial score (nSPS) is 15.9. The minimum absolute atomic E-state index is 0.0553. The number of carbonyl (C=O) groups excluding carboxylic acids is 1. The van der Waals surface area contributed by atoms with Gasteiger partial charge >= 0.3 is 0 Å². The molecule has 156 valence electrons. The highest BCUT2D eigenvalue weighted by molar-refractivity contribution is 5.78. The van der Waals surface area contributed by atoms with Crippen LogP contribution in [-0.2, 0) is 4.79 Å². The third-order valence-corrected chi connectivity index (χ3v) is 5.24. The van der Waals surface area contributed by atoms with Gasteiger partial charge in [0.05, 0.1) is 6.04 Å². The number of likely N-dealkylation sites (tertiary alicyclic amines) is 1. The SMILES string of the molecule is O=C(COc1cccc(Oc2ccccn2)c1)N1CCCC1c1nnc2ccccn12. The number of hydrogen-bond donors (Lipinski definition) is 0.